The molecule has 6 heteroatoms. The molecular formula is C18H30O5Si. The van der Waals surface area contributed by atoms with E-state index in [1.165, 1.54) is 5.56 Å². The van der Waals surface area contributed by atoms with Crippen LogP contribution in [0.4, 0.5) is 0 Å². The maximum Gasteiger partial charge on any atom is 0.537 e. The number of benzene rings is 1. The molecule has 0 radical (unpaired) electrons. The quantitative estimate of drug-likeness (QED) is 0.309. The molecule has 0 amide bonds. The van der Waals surface area contributed by atoms with E-state index in [9.17, 15) is 0 Å². The van der Waals surface area contributed by atoms with Crippen LogP contribution in [0.25, 0.3) is 0 Å². The number of hydrogen-bond acceptors (Lipinski definition) is 5. The molecule has 1 aromatic rings. The van der Waals surface area contributed by atoms with Crippen molar-refractivity contribution in [3.05, 3.63) is 29.8 Å². The lowest BCUT2D eigenvalue weighted by Gasteiger charge is -2.30. The van der Waals surface area contributed by atoms with Crippen LogP contribution < -0.4 is 5.19 Å². The molecule has 0 saturated carbocycles. The van der Waals surface area contributed by atoms with Gasteiger partial charge in [0.25, 0.3) is 0 Å². The number of ether oxygens (including phenoxy) is 2. The molecule has 0 spiro atoms. The summed E-state index contributed by atoms with van der Waals surface area (Å²) in [5, 5.41) is 1.08. The van der Waals surface area contributed by atoms with Crippen LogP contribution in [-0.2, 0) is 29.2 Å². The van der Waals surface area contributed by atoms with Crippen molar-refractivity contribution in [3.8, 4) is 0 Å². The second-order valence-electron chi connectivity index (χ2n) is 5.65. The van der Waals surface area contributed by atoms with Gasteiger partial charge in [0, 0.05) is 31.6 Å². The second-order valence-corrected chi connectivity index (χ2v) is 8.16. The van der Waals surface area contributed by atoms with Gasteiger partial charge in [-0.2, -0.15) is 0 Å². The summed E-state index contributed by atoms with van der Waals surface area (Å²) in [6.07, 6.45) is 2.20. The number of rotatable bonds is 13. The van der Waals surface area contributed by atoms with E-state index < -0.39 is 8.80 Å². The first-order chi connectivity index (χ1) is 11.8. The van der Waals surface area contributed by atoms with E-state index in [0.29, 0.717) is 32.5 Å². The highest BCUT2D eigenvalue weighted by Gasteiger charge is 2.44. The maximum atomic E-state index is 6.05. The molecule has 0 aliphatic carbocycles. The predicted molar refractivity (Wildman–Crippen MR) is 95.6 cm³/mol. The minimum atomic E-state index is -2.85. The molecular weight excluding hydrogens is 324 g/mol. The van der Waals surface area contributed by atoms with E-state index in [4.69, 9.17) is 22.8 Å². The zero-order valence-corrected chi connectivity index (χ0v) is 16.1. The van der Waals surface area contributed by atoms with E-state index in [2.05, 4.69) is 18.2 Å². The molecule has 1 unspecified atom stereocenters. The second kappa shape index (κ2) is 10.3. The van der Waals surface area contributed by atoms with Gasteiger partial charge in [-0.15, -0.1) is 0 Å². The van der Waals surface area contributed by atoms with Crippen molar-refractivity contribution in [2.45, 2.75) is 39.7 Å². The first-order valence-corrected chi connectivity index (χ1v) is 10.7. The van der Waals surface area contributed by atoms with Gasteiger partial charge in [-0.25, -0.2) is 0 Å². The lowest BCUT2D eigenvalue weighted by atomic mass is 10.1. The fourth-order valence-electron chi connectivity index (χ4n) is 2.71. The molecule has 1 aromatic carbocycles. The highest BCUT2D eigenvalue weighted by molar-refractivity contribution is 6.75. The lowest BCUT2D eigenvalue weighted by molar-refractivity contribution is 0.0856. The summed E-state index contributed by atoms with van der Waals surface area (Å²) < 4.78 is 28.9. The van der Waals surface area contributed by atoms with Crippen molar-refractivity contribution in [2.24, 2.45) is 0 Å². The van der Waals surface area contributed by atoms with Crippen LogP contribution in [0.5, 0.6) is 0 Å². The highest BCUT2D eigenvalue weighted by Crippen LogP contribution is 2.15. The lowest BCUT2D eigenvalue weighted by Crippen LogP contribution is -2.58. The first kappa shape index (κ1) is 19.6. The molecule has 5 nitrogen and oxygen atoms in total. The van der Waals surface area contributed by atoms with Gasteiger partial charge < -0.3 is 22.8 Å². The summed E-state index contributed by atoms with van der Waals surface area (Å²) >= 11 is 0. The summed E-state index contributed by atoms with van der Waals surface area (Å²) in [6, 6.07) is 8.30. The molecule has 1 heterocycles. The summed E-state index contributed by atoms with van der Waals surface area (Å²) in [5.74, 6) is 0. The Morgan fingerprint density at radius 2 is 1.67 bits per heavy atom. The molecule has 24 heavy (non-hydrogen) atoms. The number of hydrogen-bond donors (Lipinski definition) is 0. The van der Waals surface area contributed by atoms with Crippen LogP contribution in [-0.4, -0.2) is 54.5 Å². The summed E-state index contributed by atoms with van der Waals surface area (Å²) in [4.78, 5) is 0. The molecule has 1 aliphatic rings. The largest absolute Gasteiger partial charge is 0.537 e. The fraction of sp³-hybridized carbons (Fsp3) is 0.667. The Morgan fingerprint density at radius 3 is 2.25 bits per heavy atom. The van der Waals surface area contributed by atoms with E-state index >= 15 is 0 Å². The average Bonchev–Trinajstić information content (AvgIpc) is 3.40. The average molecular weight is 355 g/mol. The molecule has 1 saturated heterocycles. The Bertz CT molecular complexity index is 461. The summed E-state index contributed by atoms with van der Waals surface area (Å²) in [5.41, 5.74) is 1.23. The Hall–Kier alpha value is -0.763. The van der Waals surface area contributed by atoms with Gasteiger partial charge in [-0.1, -0.05) is 24.3 Å². The monoisotopic (exact) mass is 354 g/mol. The molecule has 0 N–H and O–H groups in total. The zero-order valence-electron chi connectivity index (χ0n) is 15.1. The van der Waals surface area contributed by atoms with Gasteiger partial charge in [0.2, 0.25) is 0 Å². The Kier molecular flexibility index (Phi) is 8.38. The molecule has 136 valence electrons. The third-order valence-electron chi connectivity index (χ3n) is 3.79. The molecule has 0 aromatic heterocycles. The van der Waals surface area contributed by atoms with Crippen LogP contribution in [0.3, 0.4) is 0 Å². The van der Waals surface area contributed by atoms with Crippen molar-refractivity contribution in [1.29, 1.82) is 0 Å². The van der Waals surface area contributed by atoms with Crippen LogP contribution in [0.1, 0.15) is 32.8 Å². The molecule has 1 fully saturated rings. The third-order valence-corrected chi connectivity index (χ3v) is 6.94. The van der Waals surface area contributed by atoms with Gasteiger partial charge in [0.05, 0.1) is 13.2 Å². The highest BCUT2D eigenvalue weighted by atomic mass is 28.4. The topological polar surface area (TPSA) is 49.5 Å². The van der Waals surface area contributed by atoms with Crippen LogP contribution >= 0.6 is 0 Å². The van der Waals surface area contributed by atoms with Gasteiger partial charge in [-0.05, 0) is 39.2 Å². The van der Waals surface area contributed by atoms with Crippen molar-refractivity contribution in [2.75, 3.05) is 39.6 Å². The van der Waals surface area contributed by atoms with Gasteiger partial charge in [-0.3, -0.25) is 0 Å². The van der Waals surface area contributed by atoms with Crippen molar-refractivity contribution in [3.63, 3.8) is 0 Å². The van der Waals surface area contributed by atoms with E-state index in [1.807, 2.05) is 26.8 Å². The maximum absolute atomic E-state index is 6.05. The zero-order chi connectivity index (χ0) is 17.3. The van der Waals surface area contributed by atoms with E-state index in [0.717, 1.165) is 31.2 Å². The van der Waals surface area contributed by atoms with Crippen LogP contribution in [0.15, 0.2) is 24.3 Å². The van der Waals surface area contributed by atoms with Gasteiger partial charge >= 0.3 is 8.80 Å². The van der Waals surface area contributed by atoms with Crippen molar-refractivity contribution in [1.82, 2.24) is 0 Å². The minimum absolute atomic E-state index is 0.325. The normalized spacial score (nSPS) is 17.2. The summed E-state index contributed by atoms with van der Waals surface area (Å²) in [6.45, 7) is 9.95. The van der Waals surface area contributed by atoms with Gasteiger partial charge in [0.1, 0.15) is 6.10 Å². The molecule has 0 bridgehead atoms. The van der Waals surface area contributed by atoms with Crippen LogP contribution in [0, 0.1) is 0 Å². The molecule has 1 atom stereocenters. The Labute approximate surface area is 146 Å². The Morgan fingerprint density at radius 1 is 1.04 bits per heavy atom. The minimum Gasteiger partial charge on any atom is -0.379 e. The van der Waals surface area contributed by atoms with Gasteiger partial charge in [0.15, 0.2) is 0 Å². The van der Waals surface area contributed by atoms with E-state index in [1.54, 1.807) is 0 Å². The van der Waals surface area contributed by atoms with Crippen molar-refractivity contribution >= 4 is 14.0 Å². The SMILES string of the molecule is CCO[Si](OCC)(OCC)c1ccccc1CCCOCC1CO1. The molecule has 1 aliphatic heterocycles. The first-order valence-electron chi connectivity index (χ1n) is 8.95. The van der Waals surface area contributed by atoms with Crippen molar-refractivity contribution < 1.29 is 22.8 Å². The predicted octanol–water partition coefficient (Wildman–Crippen LogP) is 2.29. The Balaban J connectivity index is 2.04. The number of epoxide rings is 1. The standard InChI is InChI=1S/C18H30O5Si/c1-4-21-24(22-5-2,23-6-3)18-12-8-7-10-16(18)11-9-13-19-14-17-15-20-17/h7-8,10,12,17H,4-6,9,11,13-15H2,1-3H3. The summed E-state index contributed by atoms with van der Waals surface area (Å²) in [7, 11) is -2.85. The number of aryl methyl sites for hydroxylation is 1. The van der Waals surface area contributed by atoms with E-state index in [-0.39, 0.29) is 0 Å². The smallest absolute Gasteiger partial charge is 0.379 e. The third kappa shape index (κ3) is 5.65. The van der Waals surface area contributed by atoms with Crippen LogP contribution in [0.2, 0.25) is 0 Å². The molecule has 2 rings (SSSR count). The fourth-order valence-corrected chi connectivity index (χ4v) is 5.47.